The Morgan fingerprint density at radius 2 is 1.36 bits per heavy atom. The quantitative estimate of drug-likeness (QED) is 0.394. The predicted molar refractivity (Wildman–Crippen MR) is 102 cm³/mol. The van der Waals surface area contributed by atoms with Crippen molar-refractivity contribution in [2.75, 3.05) is 0 Å². The van der Waals surface area contributed by atoms with E-state index in [1.54, 1.807) is 0 Å². The van der Waals surface area contributed by atoms with Crippen molar-refractivity contribution < 1.29 is 13.5 Å². The van der Waals surface area contributed by atoms with Crippen LogP contribution in [0.25, 0.3) is 0 Å². The Labute approximate surface area is 153 Å². The van der Waals surface area contributed by atoms with Crippen LogP contribution in [0.1, 0.15) is 86.5 Å². The smallest absolute Gasteiger partial charge is 0.129 e. The van der Waals surface area contributed by atoms with Crippen LogP contribution in [-0.2, 0) is 0 Å². The van der Waals surface area contributed by atoms with Crippen molar-refractivity contribution in [1.29, 1.82) is 0 Å². The van der Waals surface area contributed by atoms with Gasteiger partial charge in [0.1, 0.15) is 23.0 Å². The number of unbranched alkanes of at least 4 members (excludes halogenated alkanes) is 5. The van der Waals surface area contributed by atoms with E-state index in [1.165, 1.54) is 44.2 Å². The average molecular weight is 355 g/mol. The van der Waals surface area contributed by atoms with Gasteiger partial charge in [-0.15, -0.1) is 0 Å². The molecule has 0 N–H and O–H groups in total. The molecule has 0 heterocycles. The van der Waals surface area contributed by atoms with Crippen molar-refractivity contribution in [3.8, 4) is 5.75 Å². The van der Waals surface area contributed by atoms with E-state index >= 15 is 0 Å². The molecule has 0 saturated heterocycles. The minimum atomic E-state index is -0.603. The Balaban J connectivity index is 2.75. The largest absolute Gasteiger partial charge is 0.487 e. The Kier molecular flexibility index (Phi) is 8.37. The first-order valence-electron chi connectivity index (χ1n) is 9.71. The summed E-state index contributed by atoms with van der Waals surface area (Å²) in [5.41, 5.74) is -0.444. The third-order valence-corrected chi connectivity index (χ3v) is 4.95. The molecule has 0 amide bonds. The minimum Gasteiger partial charge on any atom is -0.487 e. The zero-order valence-corrected chi connectivity index (χ0v) is 16.9. The summed E-state index contributed by atoms with van der Waals surface area (Å²) in [6.07, 6.45) is 8.60. The second-order valence-corrected chi connectivity index (χ2v) is 8.79. The molecule has 1 unspecified atom stereocenters. The van der Waals surface area contributed by atoms with Crippen LogP contribution in [0.2, 0.25) is 0 Å². The highest BCUT2D eigenvalue weighted by atomic mass is 19.1. The fourth-order valence-corrected chi connectivity index (χ4v) is 3.91. The van der Waals surface area contributed by atoms with Crippen LogP contribution in [0, 0.1) is 23.0 Å². The van der Waals surface area contributed by atoms with Crippen molar-refractivity contribution in [2.45, 2.75) is 92.1 Å². The second-order valence-electron chi connectivity index (χ2n) is 8.79. The highest BCUT2D eigenvalue weighted by Gasteiger charge is 2.39. The fourth-order valence-electron chi connectivity index (χ4n) is 3.91. The van der Waals surface area contributed by atoms with Crippen LogP contribution in [-0.4, -0.2) is 5.60 Å². The first-order chi connectivity index (χ1) is 11.6. The third-order valence-electron chi connectivity index (χ3n) is 4.95. The zero-order chi connectivity index (χ0) is 19.1. The molecular weight excluding hydrogens is 318 g/mol. The standard InChI is InChI=1S/C22H36F2O/c1-7-8-9-10-11-12-13-20(21(2,3)4)22(5,6)25-19-15-17(23)14-18(24)16-19/h14-16,20H,7-13H2,1-6H3. The minimum absolute atomic E-state index is 0.0544. The van der Waals surface area contributed by atoms with Crippen molar-refractivity contribution in [1.82, 2.24) is 0 Å². The summed E-state index contributed by atoms with van der Waals surface area (Å²) in [6.45, 7) is 12.9. The van der Waals surface area contributed by atoms with Gasteiger partial charge in [0.05, 0.1) is 0 Å². The summed E-state index contributed by atoms with van der Waals surface area (Å²) in [4.78, 5) is 0. The molecule has 0 aliphatic rings. The molecule has 1 rings (SSSR count). The monoisotopic (exact) mass is 354 g/mol. The lowest BCUT2D eigenvalue weighted by molar-refractivity contribution is -0.0171. The maximum Gasteiger partial charge on any atom is 0.129 e. The Bertz CT molecular complexity index is 497. The van der Waals surface area contributed by atoms with Gasteiger partial charge in [-0.05, 0) is 25.7 Å². The van der Waals surface area contributed by atoms with Crippen LogP contribution < -0.4 is 4.74 Å². The molecule has 1 aromatic rings. The average Bonchev–Trinajstić information content (AvgIpc) is 2.42. The van der Waals surface area contributed by atoms with E-state index in [-0.39, 0.29) is 17.1 Å². The van der Waals surface area contributed by atoms with E-state index in [1.807, 2.05) is 13.8 Å². The second kappa shape index (κ2) is 9.54. The van der Waals surface area contributed by atoms with Gasteiger partial charge in [0.2, 0.25) is 0 Å². The topological polar surface area (TPSA) is 9.23 Å². The van der Waals surface area contributed by atoms with Gasteiger partial charge in [-0.3, -0.25) is 0 Å². The molecule has 3 heteroatoms. The number of hydrogen-bond donors (Lipinski definition) is 0. The van der Waals surface area contributed by atoms with E-state index in [4.69, 9.17) is 4.74 Å². The highest BCUT2D eigenvalue weighted by molar-refractivity contribution is 5.24. The lowest BCUT2D eigenvalue weighted by atomic mass is 9.69. The molecule has 0 saturated carbocycles. The van der Waals surface area contributed by atoms with Gasteiger partial charge in [0.25, 0.3) is 0 Å². The van der Waals surface area contributed by atoms with Gasteiger partial charge < -0.3 is 4.74 Å². The normalized spacial score (nSPS) is 13.8. The lowest BCUT2D eigenvalue weighted by Gasteiger charge is -2.43. The fraction of sp³-hybridized carbons (Fsp3) is 0.727. The van der Waals surface area contributed by atoms with Crippen LogP contribution in [0.4, 0.5) is 8.78 Å². The van der Waals surface area contributed by atoms with Crippen molar-refractivity contribution in [3.63, 3.8) is 0 Å². The van der Waals surface area contributed by atoms with Gasteiger partial charge in [0, 0.05) is 24.1 Å². The van der Waals surface area contributed by atoms with E-state index in [0.29, 0.717) is 0 Å². The number of hydrogen-bond acceptors (Lipinski definition) is 1. The highest BCUT2D eigenvalue weighted by Crippen LogP contribution is 2.41. The molecule has 0 fully saturated rings. The first kappa shape index (κ1) is 21.9. The summed E-state index contributed by atoms with van der Waals surface area (Å²) in [7, 11) is 0. The van der Waals surface area contributed by atoms with Gasteiger partial charge >= 0.3 is 0 Å². The van der Waals surface area contributed by atoms with E-state index in [2.05, 4.69) is 27.7 Å². The van der Waals surface area contributed by atoms with Crippen molar-refractivity contribution in [3.05, 3.63) is 29.8 Å². The molecule has 0 spiro atoms. The van der Waals surface area contributed by atoms with E-state index < -0.39 is 17.2 Å². The Morgan fingerprint density at radius 1 is 0.840 bits per heavy atom. The maximum absolute atomic E-state index is 13.5. The number of rotatable bonds is 10. The molecule has 0 aliphatic heterocycles. The molecule has 1 atom stereocenters. The SMILES string of the molecule is CCCCCCCCC(C(C)(C)C)C(C)(C)Oc1cc(F)cc(F)c1. The summed E-state index contributed by atoms with van der Waals surface area (Å²) >= 11 is 0. The van der Waals surface area contributed by atoms with Gasteiger partial charge in [-0.1, -0.05) is 66.2 Å². The van der Waals surface area contributed by atoms with Gasteiger partial charge in [0.15, 0.2) is 0 Å². The predicted octanol–water partition coefficient (Wildman–Crippen LogP) is 7.54. The van der Waals surface area contributed by atoms with Crippen LogP contribution in [0.15, 0.2) is 18.2 Å². The third kappa shape index (κ3) is 7.75. The van der Waals surface area contributed by atoms with Crippen molar-refractivity contribution >= 4 is 0 Å². The molecule has 0 aromatic heterocycles. The van der Waals surface area contributed by atoms with E-state index in [0.717, 1.165) is 18.9 Å². The molecule has 144 valence electrons. The Hall–Kier alpha value is -1.12. The maximum atomic E-state index is 13.5. The summed E-state index contributed by atoms with van der Waals surface area (Å²) < 4.78 is 33.0. The van der Waals surface area contributed by atoms with Gasteiger partial charge in [-0.2, -0.15) is 0 Å². The molecule has 0 aliphatic carbocycles. The summed E-state index contributed by atoms with van der Waals surface area (Å²) in [6, 6.07) is 3.39. The number of ether oxygens (including phenoxy) is 1. The van der Waals surface area contributed by atoms with Crippen molar-refractivity contribution in [2.24, 2.45) is 11.3 Å². The summed E-state index contributed by atoms with van der Waals surface area (Å²) in [5.74, 6) is -0.653. The zero-order valence-electron chi connectivity index (χ0n) is 16.9. The van der Waals surface area contributed by atoms with Crippen LogP contribution in [0.3, 0.4) is 0 Å². The van der Waals surface area contributed by atoms with Gasteiger partial charge in [-0.25, -0.2) is 8.78 Å². The number of halogens is 2. The molecule has 0 radical (unpaired) electrons. The Morgan fingerprint density at radius 3 is 1.88 bits per heavy atom. The van der Waals surface area contributed by atoms with E-state index in [9.17, 15) is 8.78 Å². The van der Waals surface area contributed by atoms with Crippen LogP contribution >= 0.6 is 0 Å². The molecular formula is C22H36F2O. The molecule has 1 aromatic carbocycles. The first-order valence-corrected chi connectivity index (χ1v) is 9.71. The number of benzene rings is 1. The molecule has 25 heavy (non-hydrogen) atoms. The lowest BCUT2D eigenvalue weighted by Crippen LogP contribution is -2.44. The summed E-state index contributed by atoms with van der Waals surface area (Å²) in [5, 5.41) is 0. The van der Waals surface area contributed by atoms with Crippen LogP contribution in [0.5, 0.6) is 5.75 Å². The molecule has 0 bridgehead atoms. The molecule has 1 nitrogen and oxygen atoms in total.